The number of nitrogens with two attached hydrogens (primary N) is 1. The smallest absolute Gasteiger partial charge is 0.0686 e. The van der Waals surface area contributed by atoms with Crippen LogP contribution >= 0.6 is 0 Å². The van der Waals surface area contributed by atoms with Gasteiger partial charge in [-0.15, -0.1) is 0 Å². The maximum absolute atomic E-state index is 6.68. The summed E-state index contributed by atoms with van der Waals surface area (Å²) in [5, 5.41) is 2.59. The molecule has 2 aromatic carbocycles. The highest BCUT2D eigenvalue weighted by atomic mass is 16.5. The molecule has 1 saturated carbocycles. The molecule has 1 heterocycles. The number of rotatable bonds is 2. The van der Waals surface area contributed by atoms with E-state index in [1.165, 1.54) is 35.6 Å². The van der Waals surface area contributed by atoms with E-state index in [1.54, 1.807) is 0 Å². The Morgan fingerprint density at radius 1 is 1.10 bits per heavy atom. The number of benzene rings is 2. The zero-order valence-electron chi connectivity index (χ0n) is 12.4. The lowest BCUT2D eigenvalue weighted by Crippen LogP contribution is -2.47. The fourth-order valence-corrected chi connectivity index (χ4v) is 4.09. The van der Waals surface area contributed by atoms with Gasteiger partial charge in [-0.1, -0.05) is 42.5 Å². The summed E-state index contributed by atoms with van der Waals surface area (Å²) in [7, 11) is 0. The van der Waals surface area contributed by atoms with Gasteiger partial charge in [0.05, 0.1) is 5.60 Å². The number of ether oxygens (including phenoxy) is 1. The summed E-state index contributed by atoms with van der Waals surface area (Å²) in [6.07, 6.45) is 6.00. The molecule has 0 radical (unpaired) electrons. The Balaban J connectivity index is 1.65. The number of hydrogen-bond acceptors (Lipinski definition) is 2. The van der Waals surface area contributed by atoms with E-state index in [2.05, 4.69) is 42.5 Å². The Labute approximate surface area is 126 Å². The molecule has 0 amide bonds. The summed E-state index contributed by atoms with van der Waals surface area (Å²) < 4.78 is 6.05. The van der Waals surface area contributed by atoms with Crippen LogP contribution in [0.5, 0.6) is 0 Å². The van der Waals surface area contributed by atoms with E-state index in [0.29, 0.717) is 5.92 Å². The van der Waals surface area contributed by atoms with Gasteiger partial charge in [-0.3, -0.25) is 0 Å². The molecule has 2 fully saturated rings. The number of fused-ring (bicyclic) bond motifs is 1. The Hall–Kier alpha value is -1.38. The SMILES string of the molecule is NC(c1cccc2ccccc12)C1CCOC2(CCC2)C1. The van der Waals surface area contributed by atoms with E-state index in [1.807, 2.05) is 0 Å². The monoisotopic (exact) mass is 281 g/mol. The van der Waals surface area contributed by atoms with Crippen LogP contribution in [-0.2, 0) is 4.74 Å². The molecule has 1 spiro atoms. The topological polar surface area (TPSA) is 35.2 Å². The summed E-state index contributed by atoms with van der Waals surface area (Å²) in [6.45, 7) is 0.878. The van der Waals surface area contributed by atoms with Gasteiger partial charge in [0.2, 0.25) is 0 Å². The van der Waals surface area contributed by atoms with Crippen molar-refractivity contribution in [2.75, 3.05) is 6.61 Å². The summed E-state index contributed by atoms with van der Waals surface area (Å²) in [5.41, 5.74) is 8.15. The molecule has 2 heteroatoms. The highest BCUT2D eigenvalue weighted by Crippen LogP contribution is 2.47. The lowest BCUT2D eigenvalue weighted by atomic mass is 9.69. The van der Waals surface area contributed by atoms with Crippen LogP contribution in [0.3, 0.4) is 0 Å². The van der Waals surface area contributed by atoms with Crippen molar-refractivity contribution >= 4 is 10.8 Å². The maximum atomic E-state index is 6.68. The Morgan fingerprint density at radius 3 is 2.71 bits per heavy atom. The summed E-state index contributed by atoms with van der Waals surface area (Å²) in [5.74, 6) is 0.546. The summed E-state index contributed by atoms with van der Waals surface area (Å²) in [6, 6.07) is 15.2. The molecule has 21 heavy (non-hydrogen) atoms. The van der Waals surface area contributed by atoms with Crippen LogP contribution in [0.15, 0.2) is 42.5 Å². The zero-order valence-corrected chi connectivity index (χ0v) is 12.4. The fraction of sp³-hybridized carbons (Fsp3) is 0.474. The van der Waals surface area contributed by atoms with Gasteiger partial charge in [-0.05, 0) is 54.4 Å². The lowest BCUT2D eigenvalue weighted by Gasteiger charge is -2.48. The first-order chi connectivity index (χ1) is 10.3. The van der Waals surface area contributed by atoms with Gasteiger partial charge in [0.25, 0.3) is 0 Å². The van der Waals surface area contributed by atoms with Crippen molar-refractivity contribution < 1.29 is 4.74 Å². The Morgan fingerprint density at radius 2 is 1.90 bits per heavy atom. The minimum atomic E-state index is 0.123. The molecule has 2 aliphatic rings. The molecular weight excluding hydrogens is 258 g/mol. The lowest BCUT2D eigenvalue weighted by molar-refractivity contribution is -0.146. The standard InChI is InChI=1S/C19H23NO/c20-18(15-9-12-21-19(13-15)10-4-11-19)17-8-3-6-14-5-1-2-7-16(14)17/h1-3,5-8,15,18H,4,9-13,20H2. The van der Waals surface area contributed by atoms with Gasteiger partial charge >= 0.3 is 0 Å². The molecule has 2 nitrogen and oxygen atoms in total. The van der Waals surface area contributed by atoms with Gasteiger partial charge < -0.3 is 10.5 Å². The van der Waals surface area contributed by atoms with Gasteiger partial charge in [0.1, 0.15) is 0 Å². The first kappa shape index (κ1) is 13.3. The highest BCUT2D eigenvalue weighted by Gasteiger charge is 2.44. The van der Waals surface area contributed by atoms with Crippen LogP contribution in [0.2, 0.25) is 0 Å². The largest absolute Gasteiger partial charge is 0.375 e. The van der Waals surface area contributed by atoms with E-state index in [9.17, 15) is 0 Å². The summed E-state index contributed by atoms with van der Waals surface area (Å²) >= 11 is 0. The quantitative estimate of drug-likeness (QED) is 0.896. The molecule has 4 rings (SSSR count). The zero-order chi connectivity index (χ0) is 14.3. The maximum Gasteiger partial charge on any atom is 0.0686 e. The minimum absolute atomic E-state index is 0.123. The predicted octanol–water partition coefficient (Wildman–Crippen LogP) is 4.19. The average molecular weight is 281 g/mol. The van der Waals surface area contributed by atoms with Crippen LogP contribution in [0, 0.1) is 5.92 Å². The van der Waals surface area contributed by atoms with Gasteiger partial charge in [-0.2, -0.15) is 0 Å². The predicted molar refractivity (Wildman–Crippen MR) is 86.1 cm³/mol. The molecule has 1 saturated heterocycles. The van der Waals surface area contributed by atoms with E-state index < -0.39 is 0 Å². The fourth-order valence-electron chi connectivity index (χ4n) is 4.09. The normalized spacial score (nSPS) is 25.7. The third-order valence-electron chi connectivity index (χ3n) is 5.49. The van der Waals surface area contributed by atoms with Crippen LogP contribution in [0.4, 0.5) is 0 Å². The molecule has 1 aliphatic carbocycles. The van der Waals surface area contributed by atoms with Crippen molar-refractivity contribution in [3.05, 3.63) is 48.0 Å². The molecule has 2 N–H and O–H groups in total. The van der Waals surface area contributed by atoms with Crippen molar-refractivity contribution in [2.24, 2.45) is 11.7 Å². The van der Waals surface area contributed by atoms with Crippen LogP contribution < -0.4 is 5.73 Å². The van der Waals surface area contributed by atoms with Gasteiger partial charge in [0.15, 0.2) is 0 Å². The summed E-state index contributed by atoms with van der Waals surface area (Å²) in [4.78, 5) is 0. The van der Waals surface area contributed by atoms with Crippen molar-refractivity contribution in [2.45, 2.75) is 43.7 Å². The third-order valence-corrected chi connectivity index (χ3v) is 5.49. The molecule has 1 aliphatic heterocycles. The molecule has 2 unspecified atom stereocenters. The number of hydrogen-bond donors (Lipinski definition) is 1. The van der Waals surface area contributed by atoms with Crippen LogP contribution in [0.25, 0.3) is 10.8 Å². The van der Waals surface area contributed by atoms with E-state index in [4.69, 9.17) is 10.5 Å². The molecule has 2 atom stereocenters. The third kappa shape index (κ3) is 2.27. The van der Waals surface area contributed by atoms with E-state index in [0.717, 1.165) is 19.4 Å². The van der Waals surface area contributed by atoms with E-state index >= 15 is 0 Å². The second kappa shape index (κ2) is 5.11. The first-order valence-corrected chi connectivity index (χ1v) is 8.15. The van der Waals surface area contributed by atoms with Gasteiger partial charge in [0, 0.05) is 12.6 Å². The molecular formula is C19H23NO. The van der Waals surface area contributed by atoms with Crippen molar-refractivity contribution in [3.8, 4) is 0 Å². The van der Waals surface area contributed by atoms with Crippen LogP contribution in [0.1, 0.15) is 43.7 Å². The Bertz CT molecular complexity index is 642. The van der Waals surface area contributed by atoms with Crippen molar-refractivity contribution in [1.82, 2.24) is 0 Å². The minimum Gasteiger partial charge on any atom is -0.375 e. The van der Waals surface area contributed by atoms with Crippen LogP contribution in [-0.4, -0.2) is 12.2 Å². The highest BCUT2D eigenvalue weighted by molar-refractivity contribution is 5.86. The second-order valence-electron chi connectivity index (χ2n) is 6.73. The van der Waals surface area contributed by atoms with E-state index in [-0.39, 0.29) is 11.6 Å². The average Bonchev–Trinajstić information content (AvgIpc) is 2.52. The van der Waals surface area contributed by atoms with Crippen molar-refractivity contribution in [1.29, 1.82) is 0 Å². The molecule has 2 aromatic rings. The molecule has 110 valence electrons. The first-order valence-electron chi connectivity index (χ1n) is 8.15. The Kier molecular flexibility index (Phi) is 3.24. The van der Waals surface area contributed by atoms with Gasteiger partial charge in [-0.25, -0.2) is 0 Å². The van der Waals surface area contributed by atoms with Crippen molar-refractivity contribution in [3.63, 3.8) is 0 Å². The molecule has 0 bridgehead atoms. The second-order valence-corrected chi connectivity index (χ2v) is 6.73. The molecule has 0 aromatic heterocycles.